The van der Waals surface area contributed by atoms with Crippen LogP contribution in [0.4, 0.5) is 0 Å². The Morgan fingerprint density at radius 2 is 1.72 bits per heavy atom. The van der Waals surface area contributed by atoms with E-state index in [2.05, 4.69) is 4.72 Å². The highest BCUT2D eigenvalue weighted by Crippen LogP contribution is 2.26. The molecular formula is C24H32N2O5S. The lowest BCUT2D eigenvalue weighted by atomic mass is 10.1. The van der Waals surface area contributed by atoms with Crippen molar-refractivity contribution >= 4 is 15.9 Å². The predicted octanol–water partition coefficient (Wildman–Crippen LogP) is 4.15. The summed E-state index contributed by atoms with van der Waals surface area (Å²) in [6.07, 6.45) is 4.10. The molecule has 0 saturated carbocycles. The third kappa shape index (κ3) is 5.81. The first-order chi connectivity index (χ1) is 15.4. The van der Waals surface area contributed by atoms with E-state index in [9.17, 15) is 13.2 Å². The van der Waals surface area contributed by atoms with Crippen molar-refractivity contribution in [1.29, 1.82) is 0 Å². The molecule has 0 aliphatic carbocycles. The van der Waals surface area contributed by atoms with Crippen molar-refractivity contribution in [3.63, 3.8) is 0 Å². The number of hydrogen-bond acceptors (Lipinski definition) is 5. The maximum Gasteiger partial charge on any atom is 0.257 e. The molecule has 2 aromatic rings. The minimum atomic E-state index is -3.85. The molecule has 32 heavy (non-hydrogen) atoms. The molecule has 174 valence electrons. The predicted molar refractivity (Wildman–Crippen MR) is 124 cm³/mol. The first kappa shape index (κ1) is 24.1. The number of amides is 1. The van der Waals surface area contributed by atoms with Gasteiger partial charge in [0.05, 0.1) is 24.2 Å². The molecule has 1 atom stereocenters. The number of ether oxygens (including phenoxy) is 2. The molecular weight excluding hydrogens is 428 g/mol. The first-order valence-corrected chi connectivity index (χ1v) is 12.6. The van der Waals surface area contributed by atoms with Crippen molar-refractivity contribution in [2.45, 2.75) is 50.5 Å². The van der Waals surface area contributed by atoms with Crippen molar-refractivity contribution in [3.05, 3.63) is 53.6 Å². The number of carbonyl (C=O) groups is 1. The number of methoxy groups -OCH3 is 1. The molecule has 0 radical (unpaired) electrons. The Morgan fingerprint density at radius 3 is 2.31 bits per heavy atom. The van der Waals surface area contributed by atoms with Crippen LogP contribution in [0, 0.1) is 0 Å². The van der Waals surface area contributed by atoms with Crippen LogP contribution < -0.4 is 14.2 Å². The lowest BCUT2D eigenvalue weighted by Gasteiger charge is -2.22. The second-order valence-electron chi connectivity index (χ2n) is 7.91. The lowest BCUT2D eigenvalue weighted by Crippen LogP contribution is -2.32. The van der Waals surface area contributed by atoms with E-state index in [-0.39, 0.29) is 16.4 Å². The average Bonchev–Trinajstić information content (AvgIpc) is 3.08. The van der Waals surface area contributed by atoms with Crippen LogP contribution in [0.1, 0.15) is 61.5 Å². The molecule has 7 nitrogen and oxygen atoms in total. The van der Waals surface area contributed by atoms with Crippen molar-refractivity contribution in [3.8, 4) is 11.5 Å². The minimum absolute atomic E-state index is 0.0364. The largest absolute Gasteiger partial charge is 0.496 e. The molecule has 1 amide bonds. The summed E-state index contributed by atoms with van der Waals surface area (Å²) >= 11 is 0. The molecule has 0 bridgehead atoms. The average molecular weight is 461 g/mol. The minimum Gasteiger partial charge on any atom is -0.496 e. The third-order valence-corrected chi connectivity index (χ3v) is 7.17. The van der Waals surface area contributed by atoms with Gasteiger partial charge in [-0.15, -0.1) is 0 Å². The highest BCUT2D eigenvalue weighted by molar-refractivity contribution is 7.89. The van der Waals surface area contributed by atoms with Crippen LogP contribution >= 0.6 is 0 Å². The Balaban J connectivity index is 1.82. The number of carbonyl (C=O) groups excluding carboxylic acids is 1. The van der Waals surface area contributed by atoms with E-state index in [0.717, 1.165) is 37.0 Å². The van der Waals surface area contributed by atoms with Gasteiger partial charge in [-0.2, -0.15) is 0 Å². The Hall–Kier alpha value is -2.58. The molecule has 1 heterocycles. The molecule has 1 aliphatic heterocycles. The van der Waals surface area contributed by atoms with Crippen LogP contribution in [-0.2, 0) is 10.0 Å². The van der Waals surface area contributed by atoms with Crippen molar-refractivity contribution in [2.24, 2.45) is 0 Å². The summed E-state index contributed by atoms with van der Waals surface area (Å²) in [5, 5.41) is 0. The number of hydrogen-bond donors (Lipinski definition) is 1. The van der Waals surface area contributed by atoms with Gasteiger partial charge in [0.2, 0.25) is 10.0 Å². The van der Waals surface area contributed by atoms with E-state index < -0.39 is 16.1 Å². The number of likely N-dealkylation sites (tertiary alicyclic amines) is 1. The Labute approximate surface area is 190 Å². The first-order valence-electron chi connectivity index (χ1n) is 11.1. The standard InChI is InChI=1S/C24H32N2O5S/c1-4-31-20-11-9-19(10-12-20)18(2)25-32(28,29)21-13-14-23(30-3)22(17-21)24(27)26-15-7-5-6-8-16-26/h9-14,17-18,25H,4-8,15-16H2,1-3H3/t18-/m1/s1. The monoisotopic (exact) mass is 460 g/mol. The van der Waals surface area contributed by atoms with Crippen molar-refractivity contribution in [1.82, 2.24) is 9.62 Å². The van der Waals surface area contributed by atoms with E-state index in [1.54, 1.807) is 17.9 Å². The van der Waals surface area contributed by atoms with Gasteiger partial charge >= 0.3 is 0 Å². The fourth-order valence-corrected chi connectivity index (χ4v) is 5.11. The molecule has 1 aliphatic rings. The molecule has 3 rings (SSSR count). The number of rotatable bonds is 8. The highest BCUT2D eigenvalue weighted by atomic mass is 32.2. The zero-order valence-corrected chi connectivity index (χ0v) is 19.8. The van der Waals surface area contributed by atoms with Gasteiger partial charge < -0.3 is 14.4 Å². The van der Waals surface area contributed by atoms with Crippen LogP contribution in [0.25, 0.3) is 0 Å². The van der Waals surface area contributed by atoms with Gasteiger partial charge in [-0.25, -0.2) is 13.1 Å². The summed E-state index contributed by atoms with van der Waals surface area (Å²) in [7, 11) is -2.37. The zero-order valence-electron chi connectivity index (χ0n) is 19.0. The summed E-state index contributed by atoms with van der Waals surface area (Å²) in [5.41, 5.74) is 1.08. The summed E-state index contributed by atoms with van der Waals surface area (Å²) in [6, 6.07) is 11.3. The van der Waals surface area contributed by atoms with Gasteiger partial charge in [-0.3, -0.25) is 4.79 Å². The van der Waals surface area contributed by atoms with Crippen LogP contribution in [0.15, 0.2) is 47.4 Å². The Morgan fingerprint density at radius 1 is 1.06 bits per heavy atom. The second-order valence-corrected chi connectivity index (χ2v) is 9.63. The van der Waals surface area contributed by atoms with E-state index >= 15 is 0 Å². The molecule has 1 saturated heterocycles. The quantitative estimate of drug-likeness (QED) is 0.640. The lowest BCUT2D eigenvalue weighted by molar-refractivity contribution is 0.0758. The molecule has 0 spiro atoms. The molecule has 1 fully saturated rings. The van der Waals surface area contributed by atoms with Gasteiger partial charge in [-0.1, -0.05) is 25.0 Å². The van der Waals surface area contributed by atoms with Gasteiger partial charge in [-0.05, 0) is 62.6 Å². The van der Waals surface area contributed by atoms with Gasteiger partial charge in [0.25, 0.3) is 5.91 Å². The number of nitrogens with one attached hydrogen (secondary N) is 1. The van der Waals surface area contributed by atoms with Crippen LogP contribution in [-0.4, -0.2) is 46.0 Å². The SMILES string of the molecule is CCOc1ccc([C@@H](C)NS(=O)(=O)c2ccc(OC)c(C(=O)N3CCCCCC3)c2)cc1. The van der Waals surface area contributed by atoms with Crippen LogP contribution in [0.5, 0.6) is 11.5 Å². The number of sulfonamides is 1. The van der Waals surface area contributed by atoms with Crippen LogP contribution in [0.3, 0.4) is 0 Å². The second kappa shape index (κ2) is 10.8. The maximum atomic E-state index is 13.2. The van der Waals surface area contributed by atoms with E-state index in [4.69, 9.17) is 9.47 Å². The normalized spacial score (nSPS) is 15.7. The van der Waals surface area contributed by atoms with E-state index in [1.165, 1.54) is 19.2 Å². The molecule has 8 heteroatoms. The van der Waals surface area contributed by atoms with Crippen molar-refractivity contribution in [2.75, 3.05) is 26.8 Å². The molecule has 0 aromatic heterocycles. The number of benzene rings is 2. The summed E-state index contributed by atoms with van der Waals surface area (Å²) in [6.45, 7) is 5.60. The summed E-state index contributed by atoms with van der Waals surface area (Å²) in [5.74, 6) is 0.913. The third-order valence-electron chi connectivity index (χ3n) is 5.63. The molecule has 0 unspecified atom stereocenters. The fraction of sp³-hybridized carbons (Fsp3) is 0.458. The van der Waals surface area contributed by atoms with Crippen molar-refractivity contribution < 1.29 is 22.7 Å². The Kier molecular flexibility index (Phi) is 8.15. The topological polar surface area (TPSA) is 84.9 Å². The molecule has 1 N–H and O–H groups in total. The molecule has 2 aromatic carbocycles. The van der Waals surface area contributed by atoms with Gasteiger partial charge in [0.1, 0.15) is 11.5 Å². The zero-order chi connectivity index (χ0) is 23.1. The summed E-state index contributed by atoms with van der Waals surface area (Å²) < 4.78 is 39.7. The van der Waals surface area contributed by atoms with Crippen LogP contribution in [0.2, 0.25) is 0 Å². The van der Waals surface area contributed by atoms with Gasteiger partial charge in [0, 0.05) is 19.1 Å². The highest BCUT2D eigenvalue weighted by Gasteiger charge is 2.25. The number of nitrogens with zero attached hydrogens (tertiary/aromatic N) is 1. The van der Waals surface area contributed by atoms with E-state index in [0.29, 0.717) is 25.4 Å². The summed E-state index contributed by atoms with van der Waals surface area (Å²) in [4.78, 5) is 15.0. The van der Waals surface area contributed by atoms with E-state index in [1.807, 2.05) is 31.2 Å². The fourth-order valence-electron chi connectivity index (χ4n) is 3.85. The Bertz CT molecular complexity index is 1010. The van der Waals surface area contributed by atoms with Gasteiger partial charge in [0.15, 0.2) is 0 Å². The smallest absolute Gasteiger partial charge is 0.257 e. The maximum absolute atomic E-state index is 13.2.